The molecule has 0 unspecified atom stereocenters. The van der Waals surface area contributed by atoms with Crippen molar-refractivity contribution in [2.75, 3.05) is 7.11 Å². The van der Waals surface area contributed by atoms with Crippen molar-refractivity contribution in [1.82, 2.24) is 0 Å². The SMILES string of the molecule is COc1c2cccc(C)c2c(C=O)c2c(C)coc12. The van der Waals surface area contributed by atoms with E-state index in [9.17, 15) is 4.79 Å². The van der Waals surface area contributed by atoms with Crippen molar-refractivity contribution in [3.05, 3.63) is 41.2 Å². The van der Waals surface area contributed by atoms with Gasteiger partial charge in [-0.2, -0.15) is 0 Å². The van der Waals surface area contributed by atoms with Gasteiger partial charge in [-0.25, -0.2) is 0 Å². The van der Waals surface area contributed by atoms with Crippen molar-refractivity contribution >= 4 is 28.0 Å². The molecular weight excluding hydrogens is 240 g/mol. The van der Waals surface area contributed by atoms with Gasteiger partial charge in [0.25, 0.3) is 0 Å². The van der Waals surface area contributed by atoms with E-state index in [2.05, 4.69) is 0 Å². The minimum absolute atomic E-state index is 0.639. The van der Waals surface area contributed by atoms with Crippen LogP contribution in [-0.4, -0.2) is 13.4 Å². The summed E-state index contributed by atoms with van der Waals surface area (Å²) in [5, 5.41) is 2.69. The van der Waals surface area contributed by atoms with Gasteiger partial charge in [-0.15, -0.1) is 0 Å². The smallest absolute Gasteiger partial charge is 0.177 e. The van der Waals surface area contributed by atoms with E-state index in [0.717, 1.165) is 33.6 Å². The highest BCUT2D eigenvalue weighted by atomic mass is 16.5. The predicted molar refractivity (Wildman–Crippen MR) is 75.1 cm³/mol. The number of hydrogen-bond donors (Lipinski definition) is 0. The minimum Gasteiger partial charge on any atom is -0.492 e. The van der Waals surface area contributed by atoms with Gasteiger partial charge in [0, 0.05) is 16.3 Å². The van der Waals surface area contributed by atoms with Crippen LogP contribution in [0.1, 0.15) is 21.5 Å². The molecule has 0 aliphatic rings. The van der Waals surface area contributed by atoms with Gasteiger partial charge < -0.3 is 9.15 Å². The van der Waals surface area contributed by atoms with Crippen molar-refractivity contribution in [3.8, 4) is 5.75 Å². The number of hydrogen-bond acceptors (Lipinski definition) is 3. The van der Waals surface area contributed by atoms with Gasteiger partial charge in [0.05, 0.1) is 13.4 Å². The molecule has 0 atom stereocenters. The van der Waals surface area contributed by atoms with Gasteiger partial charge in [-0.05, 0) is 30.4 Å². The fourth-order valence-corrected chi connectivity index (χ4v) is 2.73. The third-order valence-corrected chi connectivity index (χ3v) is 3.56. The van der Waals surface area contributed by atoms with Crippen LogP contribution in [0.2, 0.25) is 0 Å². The van der Waals surface area contributed by atoms with E-state index in [-0.39, 0.29) is 0 Å². The van der Waals surface area contributed by atoms with Crippen LogP contribution in [0.25, 0.3) is 21.7 Å². The first-order valence-electron chi connectivity index (χ1n) is 6.11. The van der Waals surface area contributed by atoms with Crippen LogP contribution < -0.4 is 4.74 Å². The first-order chi connectivity index (χ1) is 9.19. The summed E-state index contributed by atoms with van der Waals surface area (Å²) >= 11 is 0. The number of fused-ring (bicyclic) bond motifs is 2. The molecule has 3 rings (SSSR count). The Morgan fingerprint density at radius 3 is 2.63 bits per heavy atom. The molecule has 0 saturated heterocycles. The van der Waals surface area contributed by atoms with Crippen LogP contribution >= 0.6 is 0 Å². The molecule has 0 amide bonds. The fourth-order valence-electron chi connectivity index (χ4n) is 2.73. The van der Waals surface area contributed by atoms with Crippen LogP contribution in [-0.2, 0) is 0 Å². The summed E-state index contributed by atoms with van der Waals surface area (Å²) < 4.78 is 11.1. The third-order valence-electron chi connectivity index (χ3n) is 3.56. The zero-order chi connectivity index (χ0) is 13.6. The van der Waals surface area contributed by atoms with Gasteiger partial charge >= 0.3 is 0 Å². The van der Waals surface area contributed by atoms with Gasteiger partial charge in [0.15, 0.2) is 17.6 Å². The maximum atomic E-state index is 11.6. The number of ether oxygens (including phenoxy) is 1. The number of benzene rings is 2. The topological polar surface area (TPSA) is 39.4 Å². The maximum absolute atomic E-state index is 11.6. The maximum Gasteiger partial charge on any atom is 0.177 e. The van der Waals surface area contributed by atoms with Crippen molar-refractivity contribution in [3.63, 3.8) is 0 Å². The Morgan fingerprint density at radius 1 is 1.16 bits per heavy atom. The van der Waals surface area contributed by atoms with Crippen LogP contribution in [0.15, 0.2) is 28.9 Å². The lowest BCUT2D eigenvalue weighted by atomic mass is 9.95. The number of carbonyl (C=O) groups excluding carboxylic acids is 1. The summed E-state index contributed by atoms with van der Waals surface area (Å²) in [6.45, 7) is 3.93. The second-order valence-electron chi connectivity index (χ2n) is 4.69. The number of aryl methyl sites for hydroxylation is 2. The minimum atomic E-state index is 0.639. The Bertz CT molecular complexity index is 797. The molecule has 0 fully saturated rings. The van der Waals surface area contributed by atoms with Crippen LogP contribution in [0, 0.1) is 13.8 Å². The average molecular weight is 254 g/mol. The summed E-state index contributed by atoms with van der Waals surface area (Å²) in [6, 6.07) is 5.90. The number of methoxy groups -OCH3 is 1. The Hall–Kier alpha value is -2.29. The molecule has 3 nitrogen and oxygen atoms in total. The third kappa shape index (κ3) is 1.48. The number of carbonyl (C=O) groups is 1. The van der Waals surface area contributed by atoms with Crippen LogP contribution in [0.4, 0.5) is 0 Å². The van der Waals surface area contributed by atoms with Gasteiger partial charge in [-0.1, -0.05) is 18.2 Å². The average Bonchev–Trinajstić information content (AvgIpc) is 2.79. The molecule has 0 bridgehead atoms. The second-order valence-corrected chi connectivity index (χ2v) is 4.69. The quantitative estimate of drug-likeness (QED) is 0.648. The monoisotopic (exact) mass is 254 g/mol. The lowest BCUT2D eigenvalue weighted by Crippen LogP contribution is -1.94. The lowest BCUT2D eigenvalue weighted by molar-refractivity contribution is 0.112. The molecule has 0 saturated carbocycles. The van der Waals surface area contributed by atoms with Gasteiger partial charge in [0.1, 0.15) is 0 Å². The summed E-state index contributed by atoms with van der Waals surface area (Å²) in [5.74, 6) is 0.687. The molecule has 3 aromatic rings. The number of furan rings is 1. The fraction of sp³-hybridized carbons (Fsp3) is 0.188. The standard InChI is InChI=1S/C16H14O3/c1-9-5-4-6-11-13(9)12(7-17)14-10(2)8-19-16(14)15(11)18-3/h4-8H,1-3H3. The van der Waals surface area contributed by atoms with Crippen LogP contribution in [0.5, 0.6) is 5.75 Å². The Morgan fingerprint density at radius 2 is 1.95 bits per heavy atom. The molecule has 0 N–H and O–H groups in total. The summed E-state index contributed by atoms with van der Waals surface area (Å²) in [4.78, 5) is 11.6. The Labute approximate surface area is 110 Å². The Balaban J connectivity index is 2.71. The number of aldehydes is 1. The molecule has 0 aliphatic carbocycles. The largest absolute Gasteiger partial charge is 0.492 e. The van der Waals surface area contributed by atoms with E-state index < -0.39 is 0 Å². The molecule has 96 valence electrons. The van der Waals surface area contributed by atoms with E-state index in [4.69, 9.17) is 9.15 Å². The zero-order valence-electron chi connectivity index (χ0n) is 11.1. The molecule has 1 heterocycles. The highest BCUT2D eigenvalue weighted by molar-refractivity contribution is 6.16. The van der Waals surface area contributed by atoms with Crippen molar-refractivity contribution in [1.29, 1.82) is 0 Å². The van der Waals surface area contributed by atoms with Gasteiger partial charge in [-0.3, -0.25) is 4.79 Å². The lowest BCUT2D eigenvalue weighted by Gasteiger charge is -2.11. The first kappa shape index (κ1) is 11.8. The molecule has 0 radical (unpaired) electrons. The normalized spacial score (nSPS) is 11.1. The van der Waals surface area contributed by atoms with Gasteiger partial charge in [0.2, 0.25) is 0 Å². The molecule has 0 spiro atoms. The molecule has 19 heavy (non-hydrogen) atoms. The second kappa shape index (κ2) is 4.12. The molecule has 1 aromatic heterocycles. The van der Waals surface area contributed by atoms with Crippen molar-refractivity contribution in [2.24, 2.45) is 0 Å². The number of rotatable bonds is 2. The first-order valence-corrected chi connectivity index (χ1v) is 6.11. The van der Waals surface area contributed by atoms with E-state index in [1.54, 1.807) is 13.4 Å². The van der Waals surface area contributed by atoms with Crippen LogP contribution in [0.3, 0.4) is 0 Å². The zero-order valence-corrected chi connectivity index (χ0v) is 11.1. The van der Waals surface area contributed by atoms with E-state index in [0.29, 0.717) is 16.9 Å². The van der Waals surface area contributed by atoms with Crippen molar-refractivity contribution < 1.29 is 13.9 Å². The predicted octanol–water partition coefficient (Wildman–Crippen LogP) is 4.02. The van der Waals surface area contributed by atoms with E-state index in [1.807, 2.05) is 32.0 Å². The molecular formula is C16H14O3. The van der Waals surface area contributed by atoms with E-state index >= 15 is 0 Å². The highest BCUT2D eigenvalue weighted by Crippen LogP contribution is 2.40. The summed E-state index contributed by atoms with van der Waals surface area (Å²) in [6.07, 6.45) is 2.56. The summed E-state index contributed by atoms with van der Waals surface area (Å²) in [5.41, 5.74) is 3.32. The highest BCUT2D eigenvalue weighted by Gasteiger charge is 2.19. The Kier molecular flexibility index (Phi) is 2.56. The molecule has 2 aromatic carbocycles. The van der Waals surface area contributed by atoms with Crippen molar-refractivity contribution in [2.45, 2.75) is 13.8 Å². The molecule has 3 heteroatoms. The summed E-state index contributed by atoms with van der Waals surface area (Å²) in [7, 11) is 1.62. The van der Waals surface area contributed by atoms with E-state index in [1.165, 1.54) is 0 Å². The molecule has 0 aliphatic heterocycles.